The van der Waals surface area contributed by atoms with Gasteiger partial charge in [0.1, 0.15) is 5.75 Å². The third-order valence-electron chi connectivity index (χ3n) is 3.25. The van der Waals surface area contributed by atoms with Gasteiger partial charge in [-0.15, -0.1) is 0 Å². The lowest BCUT2D eigenvalue weighted by atomic mass is 10.00. The third-order valence-corrected chi connectivity index (χ3v) is 3.25. The van der Waals surface area contributed by atoms with Crippen LogP contribution in [0, 0.1) is 0 Å². The molecular formula is C14H19F2NO. The molecule has 1 saturated heterocycles. The smallest absolute Gasteiger partial charge is 0.274 e. The molecule has 1 unspecified atom stereocenters. The molecule has 1 aromatic carbocycles. The summed E-state index contributed by atoms with van der Waals surface area (Å²) in [4.78, 5) is 0. The van der Waals surface area contributed by atoms with Gasteiger partial charge in [-0.2, -0.15) is 0 Å². The highest BCUT2D eigenvalue weighted by molar-refractivity contribution is 5.30. The standard InChI is InChI=1S/C14H19F2NO/c1-2-18-13-7-5-11(6-8-13)14(15,16)10-12-4-3-9-17-12/h5-8,12,17H,2-4,9-10H2,1H3. The number of nitrogens with one attached hydrogen (secondary N) is 1. The summed E-state index contributed by atoms with van der Waals surface area (Å²) in [5, 5.41) is 3.11. The molecule has 1 heterocycles. The number of alkyl halides is 2. The molecule has 1 aliphatic rings. The highest BCUT2D eigenvalue weighted by Crippen LogP contribution is 2.35. The molecule has 1 atom stereocenters. The van der Waals surface area contributed by atoms with Crippen LogP contribution >= 0.6 is 0 Å². The first-order valence-corrected chi connectivity index (χ1v) is 6.46. The van der Waals surface area contributed by atoms with E-state index in [-0.39, 0.29) is 18.0 Å². The minimum Gasteiger partial charge on any atom is -0.494 e. The van der Waals surface area contributed by atoms with Crippen molar-refractivity contribution >= 4 is 0 Å². The van der Waals surface area contributed by atoms with E-state index in [1.54, 1.807) is 12.1 Å². The Labute approximate surface area is 106 Å². The number of hydrogen-bond acceptors (Lipinski definition) is 2. The van der Waals surface area contributed by atoms with Crippen molar-refractivity contribution in [3.05, 3.63) is 29.8 Å². The molecule has 0 radical (unpaired) electrons. The van der Waals surface area contributed by atoms with E-state index in [1.165, 1.54) is 12.1 Å². The molecule has 0 saturated carbocycles. The van der Waals surface area contributed by atoms with Crippen LogP contribution in [0.1, 0.15) is 31.7 Å². The molecular weight excluding hydrogens is 236 g/mol. The molecule has 4 heteroatoms. The maximum absolute atomic E-state index is 14.0. The van der Waals surface area contributed by atoms with E-state index in [1.807, 2.05) is 6.92 Å². The third kappa shape index (κ3) is 3.19. The Balaban J connectivity index is 2.03. The maximum atomic E-state index is 14.0. The molecule has 0 spiro atoms. The lowest BCUT2D eigenvalue weighted by Gasteiger charge is -2.21. The van der Waals surface area contributed by atoms with Crippen LogP contribution in [0.4, 0.5) is 8.78 Å². The Morgan fingerprint density at radius 2 is 2.06 bits per heavy atom. The number of hydrogen-bond donors (Lipinski definition) is 1. The molecule has 1 fully saturated rings. The lowest BCUT2D eigenvalue weighted by Crippen LogP contribution is -2.29. The summed E-state index contributed by atoms with van der Waals surface area (Å²) in [6.45, 7) is 3.26. The van der Waals surface area contributed by atoms with Crippen LogP contribution in [0.2, 0.25) is 0 Å². The average molecular weight is 255 g/mol. The number of ether oxygens (including phenoxy) is 1. The van der Waals surface area contributed by atoms with Gasteiger partial charge in [0, 0.05) is 18.0 Å². The van der Waals surface area contributed by atoms with Crippen LogP contribution in [0.25, 0.3) is 0 Å². The van der Waals surface area contributed by atoms with Crippen molar-refractivity contribution in [3.8, 4) is 5.75 Å². The summed E-state index contributed by atoms with van der Waals surface area (Å²) in [6, 6.07) is 6.07. The highest BCUT2D eigenvalue weighted by Gasteiger charge is 2.35. The SMILES string of the molecule is CCOc1ccc(C(F)(F)CC2CCCN2)cc1. The van der Waals surface area contributed by atoms with Crippen LogP contribution in [-0.4, -0.2) is 19.2 Å². The lowest BCUT2D eigenvalue weighted by molar-refractivity contribution is -0.0213. The van der Waals surface area contributed by atoms with Crippen LogP contribution in [0.5, 0.6) is 5.75 Å². The van der Waals surface area contributed by atoms with Gasteiger partial charge in [-0.05, 0) is 50.6 Å². The quantitative estimate of drug-likeness (QED) is 0.871. The molecule has 18 heavy (non-hydrogen) atoms. The van der Waals surface area contributed by atoms with E-state index in [0.717, 1.165) is 19.4 Å². The second-order valence-corrected chi connectivity index (χ2v) is 4.66. The van der Waals surface area contributed by atoms with Gasteiger partial charge in [-0.1, -0.05) is 0 Å². The molecule has 2 nitrogen and oxygen atoms in total. The van der Waals surface area contributed by atoms with Crippen molar-refractivity contribution in [2.75, 3.05) is 13.2 Å². The van der Waals surface area contributed by atoms with Crippen molar-refractivity contribution in [1.29, 1.82) is 0 Å². The van der Waals surface area contributed by atoms with Crippen LogP contribution in [0.3, 0.4) is 0 Å². The summed E-state index contributed by atoms with van der Waals surface area (Å²) >= 11 is 0. The summed E-state index contributed by atoms with van der Waals surface area (Å²) in [7, 11) is 0. The van der Waals surface area contributed by atoms with Crippen LogP contribution in [-0.2, 0) is 5.92 Å². The van der Waals surface area contributed by atoms with Crippen LogP contribution in [0.15, 0.2) is 24.3 Å². The minimum atomic E-state index is -2.77. The molecule has 0 aromatic heterocycles. The predicted molar refractivity (Wildman–Crippen MR) is 67.1 cm³/mol. The Morgan fingerprint density at radius 3 is 2.61 bits per heavy atom. The van der Waals surface area contributed by atoms with Gasteiger partial charge in [0.05, 0.1) is 6.61 Å². The van der Waals surface area contributed by atoms with Crippen molar-refractivity contribution in [2.24, 2.45) is 0 Å². The van der Waals surface area contributed by atoms with Gasteiger partial charge in [0.15, 0.2) is 0 Å². The van der Waals surface area contributed by atoms with Gasteiger partial charge >= 0.3 is 0 Å². The fraction of sp³-hybridized carbons (Fsp3) is 0.571. The molecule has 2 rings (SSSR count). The van der Waals surface area contributed by atoms with E-state index in [4.69, 9.17) is 4.74 Å². The Kier molecular flexibility index (Phi) is 4.17. The summed E-state index contributed by atoms with van der Waals surface area (Å²) in [5.74, 6) is -2.14. The predicted octanol–water partition coefficient (Wildman–Crippen LogP) is 3.32. The van der Waals surface area contributed by atoms with Gasteiger partial charge in [0.25, 0.3) is 5.92 Å². The molecule has 1 aromatic rings. The van der Waals surface area contributed by atoms with E-state index in [9.17, 15) is 8.78 Å². The summed E-state index contributed by atoms with van der Waals surface area (Å²) < 4.78 is 33.3. The fourth-order valence-electron chi connectivity index (χ4n) is 2.32. The molecule has 0 aliphatic carbocycles. The van der Waals surface area contributed by atoms with Gasteiger partial charge in [0.2, 0.25) is 0 Å². The van der Waals surface area contributed by atoms with Gasteiger partial charge < -0.3 is 10.1 Å². The molecule has 1 aliphatic heterocycles. The van der Waals surface area contributed by atoms with Crippen molar-refractivity contribution < 1.29 is 13.5 Å². The molecule has 0 amide bonds. The topological polar surface area (TPSA) is 21.3 Å². The van der Waals surface area contributed by atoms with Gasteiger partial charge in [-0.25, -0.2) is 8.78 Å². The first kappa shape index (κ1) is 13.3. The zero-order valence-corrected chi connectivity index (χ0v) is 10.6. The molecule has 1 N–H and O–H groups in total. The van der Waals surface area contributed by atoms with Crippen LogP contribution < -0.4 is 10.1 Å². The first-order valence-electron chi connectivity index (χ1n) is 6.46. The van der Waals surface area contributed by atoms with E-state index >= 15 is 0 Å². The fourth-order valence-corrected chi connectivity index (χ4v) is 2.32. The monoisotopic (exact) mass is 255 g/mol. The first-order chi connectivity index (χ1) is 8.62. The number of rotatable bonds is 5. The van der Waals surface area contributed by atoms with Crippen molar-refractivity contribution in [1.82, 2.24) is 5.32 Å². The zero-order chi connectivity index (χ0) is 13.0. The largest absolute Gasteiger partial charge is 0.494 e. The Hall–Kier alpha value is -1.16. The zero-order valence-electron chi connectivity index (χ0n) is 10.6. The summed E-state index contributed by atoms with van der Waals surface area (Å²) in [5.41, 5.74) is 0.0691. The normalized spacial score (nSPS) is 20.1. The van der Waals surface area contributed by atoms with Crippen molar-refractivity contribution in [2.45, 2.75) is 38.2 Å². The van der Waals surface area contributed by atoms with E-state index in [2.05, 4.69) is 5.32 Å². The minimum absolute atomic E-state index is 0.0634. The number of benzene rings is 1. The van der Waals surface area contributed by atoms with E-state index in [0.29, 0.717) is 12.4 Å². The Bertz CT molecular complexity index is 372. The van der Waals surface area contributed by atoms with Gasteiger partial charge in [-0.3, -0.25) is 0 Å². The second kappa shape index (κ2) is 5.65. The Morgan fingerprint density at radius 1 is 1.33 bits per heavy atom. The number of halogens is 2. The molecule has 0 bridgehead atoms. The summed E-state index contributed by atoms with van der Waals surface area (Å²) in [6.07, 6.45) is 1.71. The second-order valence-electron chi connectivity index (χ2n) is 4.66. The maximum Gasteiger partial charge on any atom is 0.274 e. The van der Waals surface area contributed by atoms with E-state index < -0.39 is 5.92 Å². The molecule has 100 valence electrons. The average Bonchev–Trinajstić information content (AvgIpc) is 2.82. The highest BCUT2D eigenvalue weighted by atomic mass is 19.3. The van der Waals surface area contributed by atoms with Crippen molar-refractivity contribution in [3.63, 3.8) is 0 Å².